The first-order chi connectivity index (χ1) is 8.69. The SMILES string of the molecule is CCOc1cccc(CNc2cn(C)nc2C)c1. The Kier molecular flexibility index (Phi) is 3.87. The fraction of sp³-hybridized carbons (Fsp3) is 0.357. The third kappa shape index (κ3) is 3.03. The molecule has 0 saturated carbocycles. The minimum atomic E-state index is 0.693. The molecule has 0 spiro atoms. The van der Waals surface area contributed by atoms with Crippen molar-refractivity contribution >= 4 is 5.69 Å². The highest BCUT2D eigenvalue weighted by atomic mass is 16.5. The fourth-order valence-corrected chi connectivity index (χ4v) is 1.88. The van der Waals surface area contributed by atoms with Gasteiger partial charge in [0.25, 0.3) is 0 Å². The van der Waals surface area contributed by atoms with Crippen molar-refractivity contribution in [2.24, 2.45) is 7.05 Å². The number of aryl methyl sites for hydroxylation is 2. The van der Waals surface area contributed by atoms with E-state index in [1.807, 2.05) is 43.9 Å². The third-order valence-electron chi connectivity index (χ3n) is 2.71. The van der Waals surface area contributed by atoms with E-state index >= 15 is 0 Å². The van der Waals surface area contributed by atoms with Gasteiger partial charge < -0.3 is 10.1 Å². The van der Waals surface area contributed by atoms with Gasteiger partial charge in [0.1, 0.15) is 5.75 Å². The summed E-state index contributed by atoms with van der Waals surface area (Å²) in [5.41, 5.74) is 3.28. The molecule has 2 aromatic rings. The predicted octanol–water partition coefficient (Wildman–Crippen LogP) is 2.74. The van der Waals surface area contributed by atoms with Crippen LogP contribution in [-0.4, -0.2) is 16.4 Å². The molecule has 4 heteroatoms. The highest BCUT2D eigenvalue weighted by Crippen LogP contribution is 2.16. The van der Waals surface area contributed by atoms with Crippen molar-refractivity contribution in [3.8, 4) is 5.75 Å². The lowest BCUT2D eigenvalue weighted by Gasteiger charge is -2.07. The van der Waals surface area contributed by atoms with Crippen LogP contribution in [0.1, 0.15) is 18.2 Å². The van der Waals surface area contributed by atoms with Crippen molar-refractivity contribution in [3.05, 3.63) is 41.7 Å². The fourth-order valence-electron chi connectivity index (χ4n) is 1.88. The Morgan fingerprint density at radius 1 is 1.39 bits per heavy atom. The zero-order valence-corrected chi connectivity index (χ0v) is 11.1. The molecule has 0 unspecified atom stereocenters. The predicted molar refractivity (Wildman–Crippen MR) is 72.9 cm³/mol. The second-order valence-electron chi connectivity index (χ2n) is 4.24. The number of ether oxygens (including phenoxy) is 1. The normalized spacial score (nSPS) is 10.4. The molecule has 0 amide bonds. The van der Waals surface area contributed by atoms with Crippen LogP contribution in [0.15, 0.2) is 30.5 Å². The van der Waals surface area contributed by atoms with Crippen LogP contribution in [0.25, 0.3) is 0 Å². The Hall–Kier alpha value is -1.97. The van der Waals surface area contributed by atoms with Crippen LogP contribution in [-0.2, 0) is 13.6 Å². The summed E-state index contributed by atoms with van der Waals surface area (Å²) in [6.07, 6.45) is 1.99. The van der Waals surface area contributed by atoms with Gasteiger partial charge in [0, 0.05) is 19.8 Å². The summed E-state index contributed by atoms with van der Waals surface area (Å²) in [4.78, 5) is 0. The Morgan fingerprint density at radius 2 is 2.22 bits per heavy atom. The molecule has 1 aromatic carbocycles. The molecule has 0 saturated heterocycles. The minimum absolute atomic E-state index is 0.693. The zero-order valence-electron chi connectivity index (χ0n) is 11.1. The molecule has 0 aliphatic carbocycles. The van der Waals surface area contributed by atoms with Gasteiger partial charge in [-0.3, -0.25) is 4.68 Å². The second-order valence-corrected chi connectivity index (χ2v) is 4.24. The summed E-state index contributed by atoms with van der Waals surface area (Å²) < 4.78 is 7.30. The molecule has 96 valence electrons. The lowest BCUT2D eigenvalue weighted by atomic mass is 10.2. The van der Waals surface area contributed by atoms with E-state index in [0.717, 1.165) is 23.7 Å². The molecule has 1 aromatic heterocycles. The largest absolute Gasteiger partial charge is 0.494 e. The van der Waals surface area contributed by atoms with Crippen LogP contribution < -0.4 is 10.1 Å². The molecule has 0 aliphatic rings. The second kappa shape index (κ2) is 5.58. The van der Waals surface area contributed by atoms with E-state index in [2.05, 4.69) is 22.5 Å². The molecular weight excluding hydrogens is 226 g/mol. The summed E-state index contributed by atoms with van der Waals surface area (Å²) in [5.74, 6) is 0.916. The van der Waals surface area contributed by atoms with Gasteiger partial charge in [0.15, 0.2) is 0 Å². The average Bonchev–Trinajstić information content (AvgIpc) is 2.66. The molecule has 1 heterocycles. The van der Waals surface area contributed by atoms with Crippen LogP contribution in [0, 0.1) is 6.92 Å². The summed E-state index contributed by atoms with van der Waals surface area (Å²) in [5, 5.41) is 7.68. The number of hydrogen-bond donors (Lipinski definition) is 1. The zero-order chi connectivity index (χ0) is 13.0. The van der Waals surface area contributed by atoms with E-state index in [0.29, 0.717) is 6.61 Å². The van der Waals surface area contributed by atoms with Crippen LogP contribution >= 0.6 is 0 Å². The molecule has 0 aliphatic heterocycles. The topological polar surface area (TPSA) is 39.1 Å². The van der Waals surface area contributed by atoms with Gasteiger partial charge in [0.2, 0.25) is 0 Å². The van der Waals surface area contributed by atoms with Crippen molar-refractivity contribution in [1.82, 2.24) is 9.78 Å². The van der Waals surface area contributed by atoms with E-state index in [4.69, 9.17) is 4.74 Å². The van der Waals surface area contributed by atoms with Crippen molar-refractivity contribution in [3.63, 3.8) is 0 Å². The lowest BCUT2D eigenvalue weighted by molar-refractivity contribution is 0.340. The standard InChI is InChI=1S/C14H19N3O/c1-4-18-13-7-5-6-12(8-13)9-15-14-10-17(3)16-11(14)2/h5-8,10,15H,4,9H2,1-3H3. The van der Waals surface area contributed by atoms with Gasteiger partial charge in [-0.25, -0.2) is 0 Å². The van der Waals surface area contributed by atoms with E-state index in [1.54, 1.807) is 0 Å². The minimum Gasteiger partial charge on any atom is -0.494 e. The number of anilines is 1. The number of rotatable bonds is 5. The maximum Gasteiger partial charge on any atom is 0.119 e. The Balaban J connectivity index is 2.01. The monoisotopic (exact) mass is 245 g/mol. The van der Waals surface area contributed by atoms with Crippen LogP contribution in [0.2, 0.25) is 0 Å². The van der Waals surface area contributed by atoms with Crippen molar-refractivity contribution in [2.75, 3.05) is 11.9 Å². The number of nitrogens with zero attached hydrogens (tertiary/aromatic N) is 2. The van der Waals surface area contributed by atoms with Gasteiger partial charge in [-0.05, 0) is 31.5 Å². The molecule has 18 heavy (non-hydrogen) atoms. The van der Waals surface area contributed by atoms with Gasteiger partial charge in [-0.15, -0.1) is 0 Å². The van der Waals surface area contributed by atoms with E-state index < -0.39 is 0 Å². The van der Waals surface area contributed by atoms with Gasteiger partial charge in [-0.2, -0.15) is 5.10 Å². The first-order valence-corrected chi connectivity index (χ1v) is 6.15. The number of aromatic nitrogens is 2. The molecule has 0 bridgehead atoms. The van der Waals surface area contributed by atoms with Gasteiger partial charge in [0.05, 0.1) is 18.0 Å². The Labute approximate surface area is 108 Å². The number of nitrogens with one attached hydrogen (secondary N) is 1. The van der Waals surface area contributed by atoms with Crippen molar-refractivity contribution in [2.45, 2.75) is 20.4 Å². The van der Waals surface area contributed by atoms with Crippen molar-refractivity contribution < 1.29 is 4.74 Å². The summed E-state index contributed by atoms with van der Waals surface area (Å²) >= 11 is 0. The first-order valence-electron chi connectivity index (χ1n) is 6.15. The Bertz CT molecular complexity index is 520. The number of benzene rings is 1. The molecular formula is C14H19N3O. The van der Waals surface area contributed by atoms with Crippen LogP contribution in [0.4, 0.5) is 5.69 Å². The highest BCUT2D eigenvalue weighted by molar-refractivity contribution is 5.46. The average molecular weight is 245 g/mol. The molecule has 0 fully saturated rings. The number of hydrogen-bond acceptors (Lipinski definition) is 3. The van der Waals surface area contributed by atoms with E-state index in [-0.39, 0.29) is 0 Å². The Morgan fingerprint density at radius 3 is 2.89 bits per heavy atom. The smallest absolute Gasteiger partial charge is 0.119 e. The maximum absolute atomic E-state index is 5.48. The summed E-state index contributed by atoms with van der Waals surface area (Å²) in [6, 6.07) is 8.13. The maximum atomic E-state index is 5.48. The van der Waals surface area contributed by atoms with E-state index in [9.17, 15) is 0 Å². The lowest BCUT2D eigenvalue weighted by Crippen LogP contribution is -2.00. The molecule has 0 atom stereocenters. The summed E-state index contributed by atoms with van der Waals surface area (Å²) in [7, 11) is 1.92. The van der Waals surface area contributed by atoms with Gasteiger partial charge in [-0.1, -0.05) is 12.1 Å². The van der Waals surface area contributed by atoms with Crippen LogP contribution in [0.5, 0.6) is 5.75 Å². The van der Waals surface area contributed by atoms with Crippen LogP contribution in [0.3, 0.4) is 0 Å². The summed E-state index contributed by atoms with van der Waals surface area (Å²) in [6.45, 7) is 5.45. The quantitative estimate of drug-likeness (QED) is 0.880. The first kappa shape index (κ1) is 12.5. The highest BCUT2D eigenvalue weighted by Gasteiger charge is 2.02. The molecule has 2 rings (SSSR count). The molecule has 0 radical (unpaired) electrons. The third-order valence-corrected chi connectivity index (χ3v) is 2.71. The van der Waals surface area contributed by atoms with Gasteiger partial charge >= 0.3 is 0 Å². The van der Waals surface area contributed by atoms with E-state index in [1.165, 1.54) is 5.56 Å². The molecule has 1 N–H and O–H groups in total. The molecule has 4 nitrogen and oxygen atoms in total. The van der Waals surface area contributed by atoms with Crippen molar-refractivity contribution in [1.29, 1.82) is 0 Å².